The normalized spacial score (nSPS) is 16.4. The fraction of sp³-hybridized carbons (Fsp3) is 0.409. The second-order valence-corrected chi connectivity index (χ2v) is 10.6. The Labute approximate surface area is 190 Å². The highest BCUT2D eigenvalue weighted by Gasteiger charge is 2.28. The monoisotopic (exact) mass is 479 g/mol. The minimum atomic E-state index is -3.87. The predicted molar refractivity (Wildman–Crippen MR) is 123 cm³/mol. The summed E-state index contributed by atoms with van der Waals surface area (Å²) in [5.41, 5.74) is 8.19. The standard InChI is InChI=1S/C22H27F2N5O3S/c1-12(25)21(28(2)26)14-8-16-20(27-10-14)18-17(33(3,30)31)9-15(23)19(24)22(18)29(16)11-13-4-6-32-7-5-13/h8-10,13H,4-7,11,25-26H2,1-3H3/b21-12-. The number of nitrogens with two attached hydrogens (primary N) is 2. The summed E-state index contributed by atoms with van der Waals surface area (Å²) in [4.78, 5) is 4.19. The zero-order valence-electron chi connectivity index (χ0n) is 18.7. The van der Waals surface area contributed by atoms with Crippen molar-refractivity contribution in [1.82, 2.24) is 14.6 Å². The van der Waals surface area contributed by atoms with Gasteiger partial charge in [0.1, 0.15) is 0 Å². The lowest BCUT2D eigenvalue weighted by molar-refractivity contribution is 0.0619. The zero-order valence-corrected chi connectivity index (χ0v) is 19.5. The summed E-state index contributed by atoms with van der Waals surface area (Å²) < 4.78 is 61.9. The molecular weight excluding hydrogens is 452 g/mol. The van der Waals surface area contributed by atoms with E-state index in [1.54, 1.807) is 24.6 Å². The molecule has 11 heteroatoms. The number of aromatic nitrogens is 2. The van der Waals surface area contributed by atoms with Crippen molar-refractivity contribution >= 4 is 37.5 Å². The van der Waals surface area contributed by atoms with Crippen molar-refractivity contribution in [2.45, 2.75) is 31.2 Å². The highest BCUT2D eigenvalue weighted by Crippen LogP contribution is 2.38. The molecule has 1 saturated heterocycles. The van der Waals surface area contributed by atoms with Crippen molar-refractivity contribution in [2.24, 2.45) is 17.5 Å². The van der Waals surface area contributed by atoms with E-state index in [1.807, 2.05) is 0 Å². The van der Waals surface area contributed by atoms with Gasteiger partial charge in [0.2, 0.25) is 0 Å². The average molecular weight is 480 g/mol. The van der Waals surface area contributed by atoms with Crippen LogP contribution in [0, 0.1) is 17.6 Å². The van der Waals surface area contributed by atoms with Crippen molar-refractivity contribution in [3.8, 4) is 0 Å². The van der Waals surface area contributed by atoms with Gasteiger partial charge in [-0.05, 0) is 37.8 Å². The average Bonchev–Trinajstić information content (AvgIpc) is 3.04. The van der Waals surface area contributed by atoms with Gasteiger partial charge in [0.15, 0.2) is 21.5 Å². The van der Waals surface area contributed by atoms with Crippen LogP contribution in [0.2, 0.25) is 0 Å². The predicted octanol–water partition coefficient (Wildman–Crippen LogP) is 2.75. The van der Waals surface area contributed by atoms with Crippen molar-refractivity contribution in [3.05, 3.63) is 41.2 Å². The van der Waals surface area contributed by atoms with Gasteiger partial charge in [0.05, 0.1) is 27.1 Å². The third kappa shape index (κ3) is 4.16. The van der Waals surface area contributed by atoms with E-state index >= 15 is 4.39 Å². The van der Waals surface area contributed by atoms with Crippen LogP contribution in [0.4, 0.5) is 8.78 Å². The first-order valence-electron chi connectivity index (χ1n) is 10.5. The summed E-state index contributed by atoms with van der Waals surface area (Å²) in [5.74, 6) is 3.78. The number of nitrogens with zero attached hydrogens (tertiary/aromatic N) is 3. The molecule has 3 heterocycles. The highest BCUT2D eigenvalue weighted by molar-refractivity contribution is 7.91. The van der Waals surface area contributed by atoms with Crippen LogP contribution in [0.5, 0.6) is 0 Å². The first-order valence-corrected chi connectivity index (χ1v) is 12.4. The lowest BCUT2D eigenvalue weighted by Crippen LogP contribution is -2.26. The Balaban J connectivity index is 2.11. The summed E-state index contributed by atoms with van der Waals surface area (Å²) in [6, 6.07) is 2.46. The molecule has 4 rings (SSSR count). The largest absolute Gasteiger partial charge is 0.401 e. The Bertz CT molecular complexity index is 1370. The quantitative estimate of drug-likeness (QED) is 0.328. The van der Waals surface area contributed by atoms with Gasteiger partial charge < -0.3 is 20.0 Å². The molecule has 8 nitrogen and oxygen atoms in total. The Hall–Kier alpha value is -2.76. The Morgan fingerprint density at radius 1 is 1.30 bits per heavy atom. The number of fused-ring (bicyclic) bond motifs is 3. The van der Waals surface area contributed by atoms with E-state index in [4.69, 9.17) is 16.3 Å². The first-order chi connectivity index (χ1) is 15.5. The summed E-state index contributed by atoms with van der Waals surface area (Å²) >= 11 is 0. The number of ether oxygens (including phenoxy) is 1. The molecule has 0 atom stereocenters. The molecule has 4 N–H and O–H groups in total. The molecule has 0 radical (unpaired) electrons. The molecule has 0 aliphatic carbocycles. The molecule has 0 spiro atoms. The fourth-order valence-corrected chi connectivity index (χ4v) is 5.43. The van der Waals surface area contributed by atoms with Gasteiger partial charge in [0.25, 0.3) is 0 Å². The van der Waals surface area contributed by atoms with E-state index in [9.17, 15) is 12.8 Å². The van der Waals surface area contributed by atoms with Gasteiger partial charge >= 0.3 is 0 Å². The number of benzene rings is 1. The maximum Gasteiger partial charge on any atom is 0.183 e. The molecule has 0 saturated carbocycles. The number of halogens is 2. The van der Waals surface area contributed by atoms with Crippen LogP contribution in [0.25, 0.3) is 27.6 Å². The van der Waals surface area contributed by atoms with Gasteiger partial charge in [-0.15, -0.1) is 0 Å². The maximum absolute atomic E-state index is 15.2. The number of sulfone groups is 1. The van der Waals surface area contributed by atoms with E-state index in [0.717, 1.165) is 25.2 Å². The number of allylic oxidation sites excluding steroid dienone is 1. The fourth-order valence-electron chi connectivity index (χ4n) is 4.55. The first kappa shape index (κ1) is 23.4. The van der Waals surface area contributed by atoms with Crippen LogP contribution in [0.15, 0.2) is 28.9 Å². The van der Waals surface area contributed by atoms with Crippen LogP contribution >= 0.6 is 0 Å². The van der Waals surface area contributed by atoms with Gasteiger partial charge in [-0.2, -0.15) is 0 Å². The number of hydrogen-bond acceptors (Lipinski definition) is 7. The van der Waals surface area contributed by atoms with E-state index in [1.165, 1.54) is 11.2 Å². The third-order valence-corrected chi connectivity index (χ3v) is 7.13. The molecular formula is C22H27F2N5O3S. The Kier molecular flexibility index (Phi) is 6.06. The summed E-state index contributed by atoms with van der Waals surface area (Å²) in [6.07, 6.45) is 3.98. The molecule has 3 aromatic rings. The molecule has 178 valence electrons. The third-order valence-electron chi connectivity index (χ3n) is 6.00. The molecule has 2 aromatic heterocycles. The van der Waals surface area contributed by atoms with Gasteiger partial charge in [-0.1, -0.05) is 0 Å². The van der Waals surface area contributed by atoms with E-state index < -0.39 is 21.5 Å². The lowest BCUT2D eigenvalue weighted by Gasteiger charge is -2.23. The SMILES string of the molecule is C/C(N)=C(\c1cnc2c3c(S(C)(=O)=O)cc(F)c(F)c3n(CC3CCOCC3)c2c1)N(C)N. The van der Waals surface area contributed by atoms with Gasteiger partial charge in [-0.3, -0.25) is 4.98 Å². The smallest absolute Gasteiger partial charge is 0.183 e. The zero-order chi connectivity index (χ0) is 24.1. The number of hydrogen-bond donors (Lipinski definition) is 2. The van der Waals surface area contributed by atoms with Crippen LogP contribution in [-0.4, -0.2) is 49.5 Å². The van der Waals surface area contributed by atoms with Crippen molar-refractivity contribution in [1.29, 1.82) is 0 Å². The second-order valence-electron chi connectivity index (χ2n) is 8.57. The van der Waals surface area contributed by atoms with Crippen molar-refractivity contribution in [3.63, 3.8) is 0 Å². The van der Waals surface area contributed by atoms with E-state index in [-0.39, 0.29) is 27.2 Å². The number of rotatable bonds is 5. The van der Waals surface area contributed by atoms with Gasteiger partial charge in [0, 0.05) is 55.9 Å². The number of pyridine rings is 1. The van der Waals surface area contributed by atoms with Crippen LogP contribution in [-0.2, 0) is 21.1 Å². The minimum absolute atomic E-state index is 0.0705. The van der Waals surface area contributed by atoms with Crippen LogP contribution in [0.1, 0.15) is 25.3 Å². The van der Waals surface area contributed by atoms with Crippen LogP contribution < -0.4 is 11.6 Å². The highest BCUT2D eigenvalue weighted by atomic mass is 32.2. The Morgan fingerprint density at radius 3 is 2.55 bits per heavy atom. The molecule has 0 amide bonds. The molecule has 1 fully saturated rings. The molecule has 0 bridgehead atoms. The molecule has 1 aliphatic rings. The maximum atomic E-state index is 15.2. The summed E-state index contributed by atoms with van der Waals surface area (Å²) in [7, 11) is -2.24. The van der Waals surface area contributed by atoms with Crippen molar-refractivity contribution < 1.29 is 21.9 Å². The Morgan fingerprint density at radius 2 is 1.97 bits per heavy atom. The number of hydrazine groups is 1. The lowest BCUT2D eigenvalue weighted by atomic mass is 10.0. The second kappa shape index (κ2) is 8.54. The minimum Gasteiger partial charge on any atom is -0.401 e. The summed E-state index contributed by atoms with van der Waals surface area (Å²) in [6.45, 7) is 3.20. The molecule has 1 aromatic carbocycles. The summed E-state index contributed by atoms with van der Waals surface area (Å²) in [5, 5.41) is 1.42. The van der Waals surface area contributed by atoms with Gasteiger partial charge in [-0.25, -0.2) is 23.0 Å². The molecule has 0 unspecified atom stereocenters. The van der Waals surface area contributed by atoms with Crippen LogP contribution in [0.3, 0.4) is 0 Å². The molecule has 33 heavy (non-hydrogen) atoms. The molecule has 1 aliphatic heterocycles. The topological polar surface area (TPSA) is 116 Å². The van der Waals surface area contributed by atoms with E-state index in [2.05, 4.69) is 4.98 Å². The van der Waals surface area contributed by atoms with Crippen molar-refractivity contribution in [2.75, 3.05) is 26.5 Å². The van der Waals surface area contributed by atoms with E-state index in [0.29, 0.717) is 42.2 Å².